The Hall–Kier alpha value is -2.11. The van der Waals surface area contributed by atoms with E-state index in [9.17, 15) is 14.9 Å². The average molecular weight is 263 g/mol. The molecule has 6 nitrogen and oxygen atoms in total. The van der Waals surface area contributed by atoms with Gasteiger partial charge in [0.25, 0.3) is 11.6 Å². The quantitative estimate of drug-likeness (QED) is 0.511. The Balaban J connectivity index is 2.23. The monoisotopic (exact) mass is 263 g/mol. The van der Waals surface area contributed by atoms with E-state index in [1.54, 1.807) is 11.9 Å². The second-order valence-corrected chi connectivity index (χ2v) is 5.02. The summed E-state index contributed by atoms with van der Waals surface area (Å²) in [5, 5.41) is 10.8. The van der Waals surface area contributed by atoms with Gasteiger partial charge in [0.05, 0.1) is 4.92 Å². The molecule has 1 saturated carbocycles. The Kier molecular flexibility index (Phi) is 3.42. The lowest BCUT2D eigenvalue weighted by Gasteiger charge is -2.24. The van der Waals surface area contributed by atoms with Crippen LogP contribution in [0.2, 0.25) is 0 Å². The standard InChI is InChI=1S/C13H17N3O3/c1-8(9-3-4-9)15(2)13(17)10-5-6-11(14)12(7-10)16(18)19/h5-9H,3-4,14H2,1-2H3. The van der Waals surface area contributed by atoms with Crippen molar-refractivity contribution in [2.45, 2.75) is 25.8 Å². The Bertz CT molecular complexity index is 526. The van der Waals surface area contributed by atoms with Gasteiger partial charge in [-0.3, -0.25) is 14.9 Å². The Morgan fingerprint density at radius 3 is 2.68 bits per heavy atom. The summed E-state index contributed by atoms with van der Waals surface area (Å²) in [6, 6.07) is 4.33. The number of carbonyl (C=O) groups excluding carboxylic acids is 1. The van der Waals surface area contributed by atoms with Gasteiger partial charge in [-0.2, -0.15) is 0 Å². The largest absolute Gasteiger partial charge is 0.393 e. The van der Waals surface area contributed by atoms with Gasteiger partial charge in [0.2, 0.25) is 0 Å². The van der Waals surface area contributed by atoms with Crippen LogP contribution in [0.5, 0.6) is 0 Å². The zero-order valence-corrected chi connectivity index (χ0v) is 11.0. The normalized spacial score (nSPS) is 15.9. The highest BCUT2D eigenvalue weighted by molar-refractivity contribution is 5.95. The van der Waals surface area contributed by atoms with E-state index in [2.05, 4.69) is 0 Å². The highest BCUT2D eigenvalue weighted by atomic mass is 16.6. The highest BCUT2D eigenvalue weighted by Gasteiger charge is 2.33. The lowest BCUT2D eigenvalue weighted by atomic mass is 10.1. The van der Waals surface area contributed by atoms with E-state index in [1.165, 1.54) is 18.2 Å². The molecule has 0 saturated heterocycles. The van der Waals surface area contributed by atoms with Crippen molar-refractivity contribution in [1.29, 1.82) is 0 Å². The number of hydrogen-bond acceptors (Lipinski definition) is 4. The zero-order valence-electron chi connectivity index (χ0n) is 11.0. The first kappa shape index (κ1) is 13.3. The summed E-state index contributed by atoms with van der Waals surface area (Å²) in [4.78, 5) is 24.2. The SMILES string of the molecule is CC(C1CC1)N(C)C(=O)c1ccc(N)c([N+](=O)[O-])c1. The van der Waals surface area contributed by atoms with Crippen molar-refractivity contribution >= 4 is 17.3 Å². The molecule has 0 radical (unpaired) electrons. The second kappa shape index (κ2) is 4.87. The molecule has 2 rings (SSSR count). The number of nitro groups is 1. The van der Waals surface area contributed by atoms with Gasteiger partial charge in [0, 0.05) is 24.7 Å². The minimum Gasteiger partial charge on any atom is -0.393 e. The molecule has 0 heterocycles. The molecule has 0 aromatic heterocycles. The van der Waals surface area contributed by atoms with Crippen molar-refractivity contribution in [3.8, 4) is 0 Å². The van der Waals surface area contributed by atoms with Crippen LogP contribution >= 0.6 is 0 Å². The van der Waals surface area contributed by atoms with Gasteiger partial charge in [-0.25, -0.2) is 0 Å². The van der Waals surface area contributed by atoms with Crippen LogP contribution in [0.4, 0.5) is 11.4 Å². The minimum atomic E-state index is -0.573. The van der Waals surface area contributed by atoms with E-state index in [0.717, 1.165) is 12.8 Å². The fourth-order valence-electron chi connectivity index (χ4n) is 2.12. The van der Waals surface area contributed by atoms with Crippen molar-refractivity contribution in [1.82, 2.24) is 4.90 Å². The molecule has 0 aliphatic heterocycles. The van der Waals surface area contributed by atoms with Gasteiger partial charge in [0.1, 0.15) is 5.69 Å². The maximum atomic E-state index is 12.3. The van der Waals surface area contributed by atoms with E-state index < -0.39 is 4.92 Å². The maximum Gasteiger partial charge on any atom is 0.292 e. The molecule has 6 heteroatoms. The lowest BCUT2D eigenvalue weighted by Crippen LogP contribution is -2.36. The van der Waals surface area contributed by atoms with Gasteiger partial charge >= 0.3 is 0 Å². The summed E-state index contributed by atoms with van der Waals surface area (Å²) >= 11 is 0. The first-order chi connectivity index (χ1) is 8.91. The number of nitrogens with zero attached hydrogens (tertiary/aromatic N) is 2. The zero-order chi connectivity index (χ0) is 14.2. The molecule has 1 aliphatic rings. The van der Waals surface area contributed by atoms with Gasteiger partial charge in [0.15, 0.2) is 0 Å². The molecule has 1 amide bonds. The van der Waals surface area contributed by atoms with Crippen molar-refractivity contribution < 1.29 is 9.72 Å². The Morgan fingerprint density at radius 1 is 1.53 bits per heavy atom. The van der Waals surface area contributed by atoms with Crippen LogP contribution in [0, 0.1) is 16.0 Å². The summed E-state index contributed by atoms with van der Waals surface area (Å²) in [5.41, 5.74) is 5.67. The number of anilines is 1. The van der Waals surface area contributed by atoms with Crippen LogP contribution < -0.4 is 5.73 Å². The molecule has 102 valence electrons. The maximum absolute atomic E-state index is 12.3. The molecule has 1 fully saturated rings. The highest BCUT2D eigenvalue weighted by Crippen LogP contribution is 2.35. The van der Waals surface area contributed by atoms with Crippen LogP contribution in [0.25, 0.3) is 0 Å². The average Bonchev–Trinajstić information content (AvgIpc) is 3.20. The fourth-order valence-corrected chi connectivity index (χ4v) is 2.12. The van der Waals surface area contributed by atoms with Crippen LogP contribution in [0.15, 0.2) is 18.2 Å². The third-order valence-electron chi connectivity index (χ3n) is 3.71. The molecule has 1 aromatic carbocycles. The number of nitrogens with two attached hydrogens (primary N) is 1. The molecular formula is C13H17N3O3. The van der Waals surface area contributed by atoms with Gasteiger partial charge in [-0.05, 0) is 37.8 Å². The predicted molar refractivity (Wildman–Crippen MR) is 71.8 cm³/mol. The first-order valence-electron chi connectivity index (χ1n) is 6.23. The molecule has 1 aromatic rings. The van der Waals surface area contributed by atoms with Crippen LogP contribution in [0.1, 0.15) is 30.1 Å². The number of nitro benzene ring substituents is 1. The van der Waals surface area contributed by atoms with E-state index in [0.29, 0.717) is 11.5 Å². The summed E-state index contributed by atoms with van der Waals surface area (Å²) in [7, 11) is 1.73. The van der Waals surface area contributed by atoms with Crippen molar-refractivity contribution in [3.05, 3.63) is 33.9 Å². The van der Waals surface area contributed by atoms with E-state index in [1.807, 2.05) is 6.92 Å². The lowest BCUT2D eigenvalue weighted by molar-refractivity contribution is -0.383. The number of carbonyl (C=O) groups is 1. The number of benzene rings is 1. The summed E-state index contributed by atoms with van der Waals surface area (Å²) in [5.74, 6) is 0.347. The number of nitrogen functional groups attached to an aromatic ring is 1. The first-order valence-corrected chi connectivity index (χ1v) is 6.23. The van der Waals surface area contributed by atoms with Crippen LogP contribution in [-0.4, -0.2) is 28.8 Å². The molecule has 1 unspecified atom stereocenters. The molecule has 19 heavy (non-hydrogen) atoms. The molecule has 1 atom stereocenters. The van der Waals surface area contributed by atoms with E-state index in [-0.39, 0.29) is 23.3 Å². The van der Waals surface area contributed by atoms with Crippen LogP contribution in [-0.2, 0) is 0 Å². The number of rotatable bonds is 4. The summed E-state index contributed by atoms with van der Waals surface area (Å²) < 4.78 is 0. The molecular weight excluding hydrogens is 246 g/mol. The third kappa shape index (κ3) is 2.67. The Labute approximate surface area is 111 Å². The summed E-state index contributed by atoms with van der Waals surface area (Å²) in [6.07, 6.45) is 2.28. The fraction of sp³-hybridized carbons (Fsp3) is 0.462. The number of amides is 1. The van der Waals surface area contributed by atoms with Crippen molar-refractivity contribution in [2.75, 3.05) is 12.8 Å². The van der Waals surface area contributed by atoms with E-state index in [4.69, 9.17) is 5.73 Å². The second-order valence-electron chi connectivity index (χ2n) is 5.02. The minimum absolute atomic E-state index is 0.0689. The van der Waals surface area contributed by atoms with Crippen molar-refractivity contribution in [2.24, 2.45) is 5.92 Å². The van der Waals surface area contributed by atoms with E-state index >= 15 is 0 Å². The summed E-state index contributed by atoms with van der Waals surface area (Å²) in [6.45, 7) is 2.00. The topological polar surface area (TPSA) is 89.5 Å². The van der Waals surface area contributed by atoms with Crippen LogP contribution in [0.3, 0.4) is 0 Å². The van der Waals surface area contributed by atoms with Gasteiger partial charge in [-0.1, -0.05) is 0 Å². The van der Waals surface area contributed by atoms with Gasteiger partial charge < -0.3 is 10.6 Å². The Morgan fingerprint density at radius 2 is 2.16 bits per heavy atom. The molecule has 0 spiro atoms. The predicted octanol–water partition coefficient (Wildman–Crippen LogP) is 2.05. The molecule has 2 N–H and O–H groups in total. The smallest absolute Gasteiger partial charge is 0.292 e. The third-order valence-corrected chi connectivity index (χ3v) is 3.71. The molecule has 1 aliphatic carbocycles. The van der Waals surface area contributed by atoms with Crippen molar-refractivity contribution in [3.63, 3.8) is 0 Å². The van der Waals surface area contributed by atoms with Gasteiger partial charge in [-0.15, -0.1) is 0 Å². The number of hydrogen-bond donors (Lipinski definition) is 1. The molecule has 0 bridgehead atoms.